The number of ether oxygens (including phenoxy) is 1. The Morgan fingerprint density at radius 3 is 2.56 bits per heavy atom. The SMILES string of the molecule is CCOc1ccc(N=C2NC(=O)/C(=C\c3cc(C)n(-c4ccc(I)c(C)c4)c3C)S2)cc1. The molecular formula is C25H24IN3O2S. The van der Waals surface area contributed by atoms with Crippen molar-refractivity contribution >= 4 is 57.2 Å². The van der Waals surface area contributed by atoms with Crippen LogP contribution in [0.4, 0.5) is 5.69 Å². The Balaban J connectivity index is 1.59. The van der Waals surface area contributed by atoms with Crippen LogP contribution in [0.3, 0.4) is 0 Å². The van der Waals surface area contributed by atoms with Gasteiger partial charge in [-0.2, -0.15) is 0 Å². The summed E-state index contributed by atoms with van der Waals surface area (Å²) in [5, 5.41) is 3.44. The number of aliphatic imine (C=N–C) groups is 1. The van der Waals surface area contributed by atoms with Crippen LogP contribution in [0.25, 0.3) is 11.8 Å². The molecule has 7 heteroatoms. The van der Waals surface area contributed by atoms with E-state index in [1.165, 1.54) is 20.9 Å². The normalized spacial score (nSPS) is 16.1. The largest absolute Gasteiger partial charge is 0.494 e. The van der Waals surface area contributed by atoms with E-state index in [1.807, 2.05) is 37.3 Å². The second-order valence-electron chi connectivity index (χ2n) is 7.50. The molecule has 0 spiro atoms. The van der Waals surface area contributed by atoms with Crippen molar-refractivity contribution in [3.8, 4) is 11.4 Å². The summed E-state index contributed by atoms with van der Waals surface area (Å²) >= 11 is 3.71. The average Bonchev–Trinajstić information content (AvgIpc) is 3.24. The summed E-state index contributed by atoms with van der Waals surface area (Å²) < 4.78 is 8.93. The van der Waals surface area contributed by atoms with Crippen LogP contribution in [0, 0.1) is 24.3 Å². The number of rotatable bonds is 5. The van der Waals surface area contributed by atoms with Gasteiger partial charge in [-0.05, 0) is 128 Å². The molecule has 32 heavy (non-hydrogen) atoms. The van der Waals surface area contributed by atoms with Crippen LogP contribution in [-0.2, 0) is 4.79 Å². The minimum Gasteiger partial charge on any atom is -0.494 e. The number of nitrogens with one attached hydrogen (secondary N) is 1. The van der Waals surface area contributed by atoms with Gasteiger partial charge in [0.05, 0.1) is 17.2 Å². The summed E-state index contributed by atoms with van der Waals surface area (Å²) in [6.45, 7) is 8.86. The fourth-order valence-corrected chi connectivity index (χ4v) is 4.79. The zero-order valence-corrected chi connectivity index (χ0v) is 21.4. The maximum absolute atomic E-state index is 12.6. The number of carbonyl (C=O) groups is 1. The molecule has 0 saturated carbocycles. The number of thioether (sulfide) groups is 1. The molecule has 1 aliphatic rings. The third-order valence-corrected chi connectivity index (χ3v) is 7.31. The molecule has 1 saturated heterocycles. The molecule has 0 atom stereocenters. The van der Waals surface area contributed by atoms with Gasteiger partial charge in [0.2, 0.25) is 0 Å². The molecule has 1 aromatic heterocycles. The molecule has 1 amide bonds. The topological polar surface area (TPSA) is 55.6 Å². The quantitative estimate of drug-likeness (QED) is 0.296. The van der Waals surface area contributed by atoms with Gasteiger partial charge in [-0.1, -0.05) is 0 Å². The number of amides is 1. The molecule has 0 bridgehead atoms. The van der Waals surface area contributed by atoms with Gasteiger partial charge in [0.15, 0.2) is 5.17 Å². The zero-order valence-electron chi connectivity index (χ0n) is 18.4. The van der Waals surface area contributed by atoms with Gasteiger partial charge in [0, 0.05) is 20.6 Å². The molecule has 2 heterocycles. The smallest absolute Gasteiger partial charge is 0.264 e. The van der Waals surface area contributed by atoms with Gasteiger partial charge in [0.25, 0.3) is 5.91 Å². The highest BCUT2D eigenvalue weighted by molar-refractivity contribution is 14.1. The number of amidine groups is 1. The number of benzene rings is 2. The molecule has 4 rings (SSSR count). The van der Waals surface area contributed by atoms with Gasteiger partial charge in [-0.25, -0.2) is 4.99 Å². The average molecular weight is 557 g/mol. The molecule has 1 N–H and O–H groups in total. The van der Waals surface area contributed by atoms with E-state index < -0.39 is 0 Å². The van der Waals surface area contributed by atoms with Crippen molar-refractivity contribution in [2.75, 3.05) is 6.61 Å². The molecule has 1 fully saturated rings. The van der Waals surface area contributed by atoms with Crippen LogP contribution in [0.2, 0.25) is 0 Å². The van der Waals surface area contributed by atoms with Gasteiger partial charge in [-0.3, -0.25) is 4.79 Å². The summed E-state index contributed by atoms with van der Waals surface area (Å²) in [6.07, 6.45) is 1.94. The fourth-order valence-electron chi connectivity index (χ4n) is 3.62. The Kier molecular flexibility index (Phi) is 6.76. The minimum absolute atomic E-state index is 0.130. The first-order valence-electron chi connectivity index (χ1n) is 10.3. The number of aromatic nitrogens is 1. The summed E-state index contributed by atoms with van der Waals surface area (Å²) in [7, 11) is 0. The predicted molar refractivity (Wildman–Crippen MR) is 141 cm³/mol. The summed E-state index contributed by atoms with van der Waals surface area (Å²) in [4.78, 5) is 17.8. The molecular weight excluding hydrogens is 533 g/mol. The number of aryl methyl sites for hydroxylation is 2. The summed E-state index contributed by atoms with van der Waals surface area (Å²) in [5.74, 6) is 0.674. The summed E-state index contributed by atoms with van der Waals surface area (Å²) in [5.41, 5.74) is 6.39. The van der Waals surface area contributed by atoms with Crippen LogP contribution >= 0.6 is 34.4 Å². The Labute approximate surface area is 206 Å². The second kappa shape index (κ2) is 9.54. The first kappa shape index (κ1) is 22.7. The van der Waals surface area contributed by atoms with Crippen LogP contribution in [-0.4, -0.2) is 22.2 Å². The molecule has 0 aliphatic carbocycles. The molecule has 2 aromatic carbocycles. The van der Waals surface area contributed by atoms with E-state index >= 15 is 0 Å². The first-order chi connectivity index (χ1) is 15.4. The van der Waals surface area contributed by atoms with E-state index in [9.17, 15) is 4.79 Å². The zero-order chi connectivity index (χ0) is 22.8. The van der Waals surface area contributed by atoms with E-state index in [4.69, 9.17) is 4.74 Å². The number of carbonyl (C=O) groups excluding carboxylic acids is 1. The van der Waals surface area contributed by atoms with Crippen LogP contribution in [0.1, 0.15) is 29.4 Å². The highest BCUT2D eigenvalue weighted by atomic mass is 127. The van der Waals surface area contributed by atoms with Crippen molar-refractivity contribution in [2.24, 2.45) is 4.99 Å². The number of nitrogens with zero attached hydrogens (tertiary/aromatic N) is 2. The van der Waals surface area contributed by atoms with E-state index in [-0.39, 0.29) is 5.91 Å². The lowest BCUT2D eigenvalue weighted by Gasteiger charge is -2.11. The van der Waals surface area contributed by atoms with Gasteiger partial charge in [0.1, 0.15) is 5.75 Å². The molecule has 3 aromatic rings. The van der Waals surface area contributed by atoms with Gasteiger partial charge < -0.3 is 14.6 Å². The molecule has 5 nitrogen and oxygen atoms in total. The van der Waals surface area contributed by atoms with Gasteiger partial charge >= 0.3 is 0 Å². The van der Waals surface area contributed by atoms with Crippen LogP contribution in [0.5, 0.6) is 5.75 Å². The van der Waals surface area contributed by atoms with Crippen molar-refractivity contribution < 1.29 is 9.53 Å². The third-order valence-electron chi connectivity index (χ3n) is 5.19. The molecule has 0 unspecified atom stereocenters. The van der Waals surface area contributed by atoms with Crippen LogP contribution < -0.4 is 10.1 Å². The Morgan fingerprint density at radius 1 is 1.12 bits per heavy atom. The van der Waals surface area contributed by atoms with Crippen molar-refractivity contribution in [1.82, 2.24) is 9.88 Å². The second-order valence-corrected chi connectivity index (χ2v) is 9.70. The highest BCUT2D eigenvalue weighted by Crippen LogP contribution is 2.31. The Bertz CT molecular complexity index is 1240. The monoisotopic (exact) mass is 557 g/mol. The number of hydrogen-bond donors (Lipinski definition) is 1. The maximum Gasteiger partial charge on any atom is 0.264 e. The fraction of sp³-hybridized carbons (Fsp3) is 0.200. The van der Waals surface area contributed by atoms with Crippen molar-refractivity contribution in [3.05, 3.63) is 79.5 Å². The molecule has 1 aliphatic heterocycles. The molecule has 164 valence electrons. The Hall–Kier alpha value is -2.52. The van der Waals surface area contributed by atoms with E-state index in [0.29, 0.717) is 16.7 Å². The van der Waals surface area contributed by atoms with Crippen molar-refractivity contribution in [3.63, 3.8) is 0 Å². The van der Waals surface area contributed by atoms with E-state index in [2.05, 4.69) is 82.5 Å². The summed E-state index contributed by atoms with van der Waals surface area (Å²) in [6, 6.07) is 16.1. The highest BCUT2D eigenvalue weighted by Gasteiger charge is 2.24. The number of halogens is 1. The molecule has 0 radical (unpaired) electrons. The standard InChI is InChI=1S/C25H24IN3O2S/c1-5-31-21-9-6-19(7-10-21)27-25-28-24(30)23(32-25)14-18-13-16(3)29(17(18)4)20-8-11-22(26)15(2)12-20/h6-14H,5H2,1-4H3,(H,27,28,30)/b23-14+. The minimum atomic E-state index is -0.130. The third kappa shape index (κ3) is 4.78. The number of hydrogen-bond acceptors (Lipinski definition) is 4. The lowest BCUT2D eigenvalue weighted by molar-refractivity contribution is -0.115. The van der Waals surface area contributed by atoms with Gasteiger partial charge in [-0.15, -0.1) is 0 Å². The lowest BCUT2D eigenvalue weighted by atomic mass is 10.2. The van der Waals surface area contributed by atoms with Crippen LogP contribution in [0.15, 0.2) is 58.4 Å². The van der Waals surface area contributed by atoms with Crippen molar-refractivity contribution in [1.29, 1.82) is 0 Å². The lowest BCUT2D eigenvalue weighted by Crippen LogP contribution is -2.19. The van der Waals surface area contributed by atoms with Crippen molar-refractivity contribution in [2.45, 2.75) is 27.7 Å². The Morgan fingerprint density at radius 2 is 1.88 bits per heavy atom. The van der Waals surface area contributed by atoms with E-state index in [1.54, 1.807) is 0 Å². The first-order valence-corrected chi connectivity index (χ1v) is 12.2. The van der Waals surface area contributed by atoms with E-state index in [0.717, 1.165) is 34.1 Å². The predicted octanol–water partition coefficient (Wildman–Crippen LogP) is 6.30. The maximum atomic E-state index is 12.6.